The zero-order valence-corrected chi connectivity index (χ0v) is 17.5. The monoisotopic (exact) mass is 396 g/mol. The molecule has 0 fully saturated rings. The van der Waals surface area contributed by atoms with Gasteiger partial charge in [0.25, 0.3) is 0 Å². The van der Waals surface area contributed by atoms with Crippen LogP contribution in [0.25, 0.3) is 60.1 Å². The number of imidazole rings is 1. The fourth-order valence-corrected chi connectivity index (χ4v) is 5.50. The van der Waals surface area contributed by atoms with Crippen LogP contribution in [0.2, 0.25) is 0 Å². The van der Waals surface area contributed by atoms with Crippen molar-refractivity contribution >= 4 is 48.9 Å². The number of aromatic nitrogens is 2. The highest BCUT2D eigenvalue weighted by molar-refractivity contribution is 6.30. The SMILES string of the molecule is Cc1cccc(C)c1-c1cnc2c3cccc4ccc5c6ccccc6cc(c5c43)n12. The van der Waals surface area contributed by atoms with Crippen molar-refractivity contribution in [3.63, 3.8) is 0 Å². The number of hydrogen-bond donors (Lipinski definition) is 0. The summed E-state index contributed by atoms with van der Waals surface area (Å²) in [5, 5.41) is 8.98. The lowest BCUT2D eigenvalue weighted by atomic mass is 9.93. The predicted molar refractivity (Wildman–Crippen MR) is 131 cm³/mol. The number of pyridine rings is 1. The molecule has 0 atom stereocenters. The first-order chi connectivity index (χ1) is 15.2. The molecule has 2 heteroatoms. The summed E-state index contributed by atoms with van der Waals surface area (Å²) in [6, 6.07) is 28.7. The van der Waals surface area contributed by atoms with Crippen LogP contribution in [0.5, 0.6) is 0 Å². The van der Waals surface area contributed by atoms with Gasteiger partial charge in [0.05, 0.1) is 17.4 Å². The zero-order valence-electron chi connectivity index (χ0n) is 17.5. The quantitative estimate of drug-likeness (QED) is 0.206. The molecule has 5 aromatic carbocycles. The molecule has 0 unspecified atom stereocenters. The maximum Gasteiger partial charge on any atom is 0.145 e. The summed E-state index contributed by atoms with van der Waals surface area (Å²) in [5.41, 5.74) is 7.23. The Morgan fingerprint density at radius 1 is 0.645 bits per heavy atom. The Balaban J connectivity index is 1.83. The molecule has 2 nitrogen and oxygen atoms in total. The lowest BCUT2D eigenvalue weighted by molar-refractivity contribution is 1.25. The second-order valence-corrected chi connectivity index (χ2v) is 8.58. The Morgan fingerprint density at radius 3 is 2.26 bits per heavy atom. The van der Waals surface area contributed by atoms with Gasteiger partial charge in [-0.05, 0) is 52.6 Å². The van der Waals surface area contributed by atoms with Gasteiger partial charge in [0.15, 0.2) is 0 Å². The van der Waals surface area contributed by atoms with Gasteiger partial charge in [0, 0.05) is 21.7 Å². The average molecular weight is 396 g/mol. The van der Waals surface area contributed by atoms with Crippen LogP contribution in [0.15, 0.2) is 85.1 Å². The minimum Gasteiger partial charge on any atom is -0.292 e. The normalized spacial score (nSPS) is 12.2. The highest BCUT2D eigenvalue weighted by atomic mass is 15.0. The topological polar surface area (TPSA) is 17.3 Å². The first-order valence-electron chi connectivity index (χ1n) is 10.7. The van der Waals surface area contributed by atoms with Gasteiger partial charge in [-0.15, -0.1) is 0 Å². The molecule has 31 heavy (non-hydrogen) atoms. The number of benzene rings is 5. The van der Waals surface area contributed by atoms with Crippen LogP contribution in [-0.2, 0) is 0 Å². The van der Waals surface area contributed by atoms with Gasteiger partial charge >= 0.3 is 0 Å². The number of fused-ring (bicyclic) bond motifs is 5. The van der Waals surface area contributed by atoms with Crippen LogP contribution in [0, 0.1) is 13.8 Å². The van der Waals surface area contributed by atoms with Crippen molar-refractivity contribution in [3.05, 3.63) is 96.2 Å². The third kappa shape index (κ3) is 2.09. The third-order valence-electron chi connectivity index (χ3n) is 6.83. The number of hydrogen-bond acceptors (Lipinski definition) is 1. The first-order valence-corrected chi connectivity index (χ1v) is 10.7. The molecule has 0 amide bonds. The van der Waals surface area contributed by atoms with Crippen molar-refractivity contribution in [2.45, 2.75) is 13.8 Å². The largest absolute Gasteiger partial charge is 0.292 e. The molecule has 0 radical (unpaired) electrons. The van der Waals surface area contributed by atoms with E-state index in [1.807, 2.05) is 0 Å². The van der Waals surface area contributed by atoms with Crippen molar-refractivity contribution in [2.75, 3.05) is 0 Å². The average Bonchev–Trinajstić information content (AvgIpc) is 3.22. The van der Waals surface area contributed by atoms with Gasteiger partial charge in [-0.1, -0.05) is 72.8 Å². The molecule has 7 aromatic rings. The molecular weight excluding hydrogens is 376 g/mol. The molecule has 0 N–H and O–H groups in total. The Kier molecular flexibility index (Phi) is 3.17. The van der Waals surface area contributed by atoms with E-state index in [0.29, 0.717) is 0 Å². The van der Waals surface area contributed by atoms with E-state index in [9.17, 15) is 0 Å². The minimum atomic E-state index is 1.03. The molecule has 0 aliphatic heterocycles. The molecule has 2 heterocycles. The lowest BCUT2D eigenvalue weighted by Crippen LogP contribution is -1.98. The van der Waals surface area contributed by atoms with Crippen LogP contribution in [-0.4, -0.2) is 9.38 Å². The van der Waals surface area contributed by atoms with E-state index in [0.717, 1.165) is 11.3 Å². The van der Waals surface area contributed by atoms with Crippen molar-refractivity contribution < 1.29 is 0 Å². The zero-order chi connectivity index (χ0) is 20.7. The van der Waals surface area contributed by atoms with Crippen LogP contribution in [0.1, 0.15) is 11.1 Å². The predicted octanol–water partition coefficient (Wildman–Crippen LogP) is 7.67. The molecule has 0 aliphatic rings. The van der Waals surface area contributed by atoms with E-state index >= 15 is 0 Å². The molecule has 146 valence electrons. The van der Waals surface area contributed by atoms with E-state index in [-0.39, 0.29) is 0 Å². The van der Waals surface area contributed by atoms with Crippen LogP contribution < -0.4 is 0 Å². The fraction of sp³-hybridized carbons (Fsp3) is 0.0690. The minimum absolute atomic E-state index is 1.03. The molecule has 2 aromatic heterocycles. The molecule has 0 bridgehead atoms. The molecule has 0 spiro atoms. The van der Waals surface area contributed by atoms with Gasteiger partial charge in [-0.3, -0.25) is 4.40 Å². The Labute approximate surface area is 179 Å². The van der Waals surface area contributed by atoms with Gasteiger partial charge in [0.1, 0.15) is 5.65 Å². The van der Waals surface area contributed by atoms with Gasteiger partial charge < -0.3 is 0 Å². The summed E-state index contributed by atoms with van der Waals surface area (Å²) in [4.78, 5) is 4.97. The van der Waals surface area contributed by atoms with Crippen molar-refractivity contribution in [1.29, 1.82) is 0 Å². The van der Waals surface area contributed by atoms with Crippen LogP contribution in [0.3, 0.4) is 0 Å². The second-order valence-electron chi connectivity index (χ2n) is 8.58. The Bertz CT molecular complexity index is 1780. The molecule has 7 rings (SSSR count). The second kappa shape index (κ2) is 5.83. The highest BCUT2D eigenvalue weighted by Crippen LogP contribution is 2.42. The van der Waals surface area contributed by atoms with Crippen molar-refractivity contribution in [1.82, 2.24) is 9.38 Å². The fourth-order valence-electron chi connectivity index (χ4n) is 5.50. The standard InChI is InChI=1S/C29H20N2/c1-17-7-5-8-18(2)26(17)25-16-30-29-23-12-6-10-19-13-14-22-21-11-4-3-9-20(21)15-24(31(25)29)28(22)27(19)23/h3-16H,1-2H3. The number of aryl methyl sites for hydroxylation is 2. The number of rotatable bonds is 1. The molecule has 0 aliphatic carbocycles. The molecule has 0 saturated heterocycles. The van der Waals surface area contributed by atoms with Crippen LogP contribution >= 0.6 is 0 Å². The number of nitrogens with zero attached hydrogens (tertiary/aromatic N) is 2. The van der Waals surface area contributed by atoms with Crippen molar-refractivity contribution in [3.8, 4) is 11.3 Å². The van der Waals surface area contributed by atoms with Crippen molar-refractivity contribution in [2.24, 2.45) is 0 Å². The summed E-state index contributed by atoms with van der Waals surface area (Å²) in [7, 11) is 0. The van der Waals surface area contributed by atoms with E-state index in [4.69, 9.17) is 4.98 Å². The van der Waals surface area contributed by atoms with Gasteiger partial charge in [0.2, 0.25) is 0 Å². The molecular formula is C29H20N2. The maximum absolute atomic E-state index is 4.97. The highest BCUT2D eigenvalue weighted by Gasteiger charge is 2.19. The summed E-state index contributed by atoms with van der Waals surface area (Å²) in [5.74, 6) is 0. The Hall–Kier alpha value is -3.91. The summed E-state index contributed by atoms with van der Waals surface area (Å²) in [6.07, 6.45) is 2.05. The van der Waals surface area contributed by atoms with E-state index in [1.165, 1.54) is 59.9 Å². The Morgan fingerprint density at radius 2 is 1.39 bits per heavy atom. The summed E-state index contributed by atoms with van der Waals surface area (Å²) >= 11 is 0. The lowest BCUT2D eigenvalue weighted by Gasteiger charge is -2.17. The van der Waals surface area contributed by atoms with Crippen LogP contribution in [0.4, 0.5) is 0 Å². The third-order valence-corrected chi connectivity index (χ3v) is 6.83. The summed E-state index contributed by atoms with van der Waals surface area (Å²) in [6.45, 7) is 4.38. The van der Waals surface area contributed by atoms with Gasteiger partial charge in [-0.25, -0.2) is 4.98 Å². The first kappa shape index (κ1) is 16.8. The van der Waals surface area contributed by atoms with E-state index in [2.05, 4.69) is 103 Å². The molecule has 0 saturated carbocycles. The van der Waals surface area contributed by atoms with Gasteiger partial charge in [-0.2, -0.15) is 0 Å². The van der Waals surface area contributed by atoms with E-state index < -0.39 is 0 Å². The summed E-state index contributed by atoms with van der Waals surface area (Å²) < 4.78 is 2.38. The smallest absolute Gasteiger partial charge is 0.145 e. The maximum atomic E-state index is 4.97. The van der Waals surface area contributed by atoms with E-state index in [1.54, 1.807) is 0 Å².